The van der Waals surface area contributed by atoms with Crippen LogP contribution >= 0.6 is 0 Å². The summed E-state index contributed by atoms with van der Waals surface area (Å²) in [6.07, 6.45) is 14.2. The van der Waals surface area contributed by atoms with E-state index in [1.54, 1.807) is 7.11 Å². The fraction of sp³-hybridized carbons (Fsp3) is 0.704. The molecule has 7 atom stereocenters. The fourth-order valence-electron chi connectivity index (χ4n) is 8.21. The Hall–Kier alpha value is -1.28. The Labute approximate surface area is 176 Å². The summed E-state index contributed by atoms with van der Waals surface area (Å²) in [5, 5.41) is 11.4. The monoisotopic (exact) mass is 394 g/mol. The molecule has 158 valence electrons. The van der Waals surface area contributed by atoms with E-state index < -0.39 is 0 Å². The molecule has 0 saturated heterocycles. The predicted octanol–water partition coefficient (Wildman–Crippen LogP) is 6.48. The maximum atomic E-state index is 11.4. The molecule has 2 nitrogen and oxygen atoms in total. The molecule has 2 heteroatoms. The van der Waals surface area contributed by atoms with E-state index in [1.165, 1.54) is 62.5 Å². The quantitative estimate of drug-likeness (QED) is 0.622. The number of aliphatic hydroxyl groups excluding tert-OH is 1. The van der Waals surface area contributed by atoms with E-state index in [4.69, 9.17) is 4.74 Å². The van der Waals surface area contributed by atoms with Crippen molar-refractivity contribution in [2.24, 2.45) is 34.5 Å². The van der Waals surface area contributed by atoms with Crippen LogP contribution in [0, 0.1) is 34.5 Å². The van der Waals surface area contributed by atoms with Gasteiger partial charge in [-0.05, 0) is 97.3 Å². The zero-order valence-electron chi connectivity index (χ0n) is 18.5. The van der Waals surface area contributed by atoms with E-state index in [0.29, 0.717) is 11.3 Å². The average Bonchev–Trinajstić information content (AvgIpc) is 2.99. The van der Waals surface area contributed by atoms with Gasteiger partial charge in [0.2, 0.25) is 0 Å². The highest BCUT2D eigenvalue weighted by molar-refractivity contribution is 5.56. The van der Waals surface area contributed by atoms with Gasteiger partial charge >= 0.3 is 0 Å². The van der Waals surface area contributed by atoms with Crippen LogP contribution in [0.3, 0.4) is 0 Å². The number of ether oxygens (including phenoxy) is 1. The van der Waals surface area contributed by atoms with Gasteiger partial charge in [-0.15, -0.1) is 0 Å². The first kappa shape index (κ1) is 19.7. The molecule has 5 rings (SSSR count). The molecule has 0 radical (unpaired) electrons. The van der Waals surface area contributed by atoms with Crippen LogP contribution < -0.4 is 4.74 Å². The van der Waals surface area contributed by atoms with Gasteiger partial charge in [-0.2, -0.15) is 0 Å². The summed E-state index contributed by atoms with van der Waals surface area (Å²) in [6, 6.07) is 8.26. The summed E-state index contributed by atoms with van der Waals surface area (Å²) in [6.45, 7) is 5.03. The van der Waals surface area contributed by atoms with Crippen molar-refractivity contribution in [3.8, 4) is 5.75 Å². The van der Waals surface area contributed by atoms with E-state index >= 15 is 0 Å². The third-order valence-corrected chi connectivity index (χ3v) is 9.92. The number of benzene rings is 1. The van der Waals surface area contributed by atoms with E-state index in [1.807, 2.05) is 12.1 Å². The summed E-state index contributed by atoms with van der Waals surface area (Å²) in [7, 11) is 1.71. The Morgan fingerprint density at radius 2 is 1.72 bits per heavy atom. The second-order valence-electron chi connectivity index (χ2n) is 11.0. The average molecular weight is 395 g/mol. The molecule has 29 heavy (non-hydrogen) atoms. The summed E-state index contributed by atoms with van der Waals surface area (Å²) in [5.41, 5.74) is 3.08. The van der Waals surface area contributed by atoms with Crippen LogP contribution in [0.1, 0.15) is 77.2 Å². The van der Waals surface area contributed by atoms with Crippen molar-refractivity contribution in [1.29, 1.82) is 0 Å². The molecule has 1 aromatic rings. The molecule has 1 aromatic carbocycles. The first-order valence-electron chi connectivity index (χ1n) is 12.0. The Morgan fingerprint density at radius 1 is 0.931 bits per heavy atom. The van der Waals surface area contributed by atoms with Gasteiger partial charge in [0.1, 0.15) is 5.75 Å². The number of hydrogen-bond acceptors (Lipinski definition) is 2. The third-order valence-electron chi connectivity index (χ3n) is 9.92. The Morgan fingerprint density at radius 3 is 2.48 bits per heavy atom. The van der Waals surface area contributed by atoms with Crippen molar-refractivity contribution in [3.63, 3.8) is 0 Å². The lowest BCUT2D eigenvalue weighted by atomic mass is 9.45. The maximum Gasteiger partial charge on any atom is 0.118 e. The summed E-state index contributed by atoms with van der Waals surface area (Å²) in [4.78, 5) is 0. The summed E-state index contributed by atoms with van der Waals surface area (Å²) in [5.74, 6) is 4.19. The molecule has 0 amide bonds. The SMILES string of the molecule is COc1ccc(/C=C2\C[C@H]3[C@@H]4CC[C@@H]5CCCC[C@]5(C)[C@H]4CC[C@]3(C)[C@@H]2O)cc1. The van der Waals surface area contributed by atoms with Crippen LogP contribution in [-0.2, 0) is 0 Å². The van der Waals surface area contributed by atoms with Crippen molar-refractivity contribution >= 4 is 6.08 Å². The molecule has 0 spiro atoms. The van der Waals surface area contributed by atoms with Crippen molar-refractivity contribution in [2.75, 3.05) is 7.11 Å². The van der Waals surface area contributed by atoms with Crippen molar-refractivity contribution in [2.45, 2.75) is 77.7 Å². The van der Waals surface area contributed by atoms with Gasteiger partial charge in [-0.25, -0.2) is 0 Å². The van der Waals surface area contributed by atoms with Crippen LogP contribution in [0.2, 0.25) is 0 Å². The predicted molar refractivity (Wildman–Crippen MR) is 119 cm³/mol. The van der Waals surface area contributed by atoms with E-state index in [9.17, 15) is 5.11 Å². The van der Waals surface area contributed by atoms with Crippen LogP contribution in [0.25, 0.3) is 6.08 Å². The molecule has 4 aliphatic rings. The number of rotatable bonds is 2. The zero-order valence-corrected chi connectivity index (χ0v) is 18.5. The van der Waals surface area contributed by atoms with Gasteiger partial charge in [-0.1, -0.05) is 44.9 Å². The molecular formula is C27H38O2. The van der Waals surface area contributed by atoms with Gasteiger partial charge < -0.3 is 9.84 Å². The van der Waals surface area contributed by atoms with Crippen molar-refractivity contribution in [1.82, 2.24) is 0 Å². The summed E-state index contributed by atoms with van der Waals surface area (Å²) >= 11 is 0. The molecule has 0 bridgehead atoms. The molecule has 0 aliphatic heterocycles. The molecule has 0 heterocycles. The zero-order chi connectivity index (χ0) is 20.2. The minimum atomic E-state index is -0.285. The van der Waals surface area contributed by atoms with Gasteiger partial charge in [0.25, 0.3) is 0 Å². The standard InChI is InChI=1S/C27H38O2/c1-26-14-5-4-6-20(26)9-12-22-23(26)13-15-27(2)24(22)17-19(25(27)28)16-18-7-10-21(29-3)11-8-18/h7-8,10-11,16,20,22-25,28H,4-6,9,12-15,17H2,1-3H3/b19-16+/t20-,22+,23-,24-,25+,26-,27-/m0/s1. The molecule has 1 N–H and O–H groups in total. The van der Waals surface area contributed by atoms with Crippen LogP contribution in [-0.4, -0.2) is 18.3 Å². The number of methoxy groups -OCH3 is 1. The smallest absolute Gasteiger partial charge is 0.118 e. The highest BCUT2D eigenvalue weighted by atomic mass is 16.5. The van der Waals surface area contributed by atoms with Crippen molar-refractivity contribution in [3.05, 3.63) is 35.4 Å². The van der Waals surface area contributed by atoms with E-state index in [0.717, 1.165) is 29.9 Å². The lowest BCUT2D eigenvalue weighted by Crippen LogP contribution is -2.53. The minimum Gasteiger partial charge on any atom is -0.497 e. The second-order valence-corrected chi connectivity index (χ2v) is 11.0. The lowest BCUT2D eigenvalue weighted by Gasteiger charge is -2.60. The van der Waals surface area contributed by atoms with Crippen molar-refractivity contribution < 1.29 is 9.84 Å². The Balaban J connectivity index is 1.43. The molecular weight excluding hydrogens is 356 g/mol. The second kappa shape index (κ2) is 7.15. The first-order chi connectivity index (χ1) is 14.0. The lowest BCUT2D eigenvalue weighted by molar-refractivity contribution is -0.119. The summed E-state index contributed by atoms with van der Waals surface area (Å²) < 4.78 is 5.30. The fourth-order valence-corrected chi connectivity index (χ4v) is 8.21. The molecule has 4 fully saturated rings. The van der Waals surface area contributed by atoms with E-state index in [2.05, 4.69) is 32.1 Å². The van der Waals surface area contributed by atoms with Gasteiger partial charge in [0, 0.05) is 5.41 Å². The van der Waals surface area contributed by atoms with Gasteiger partial charge in [-0.3, -0.25) is 0 Å². The number of fused-ring (bicyclic) bond motifs is 5. The molecule has 0 aromatic heterocycles. The van der Waals surface area contributed by atoms with E-state index in [-0.39, 0.29) is 11.5 Å². The Bertz CT molecular complexity index is 780. The number of hydrogen-bond donors (Lipinski definition) is 1. The van der Waals surface area contributed by atoms with Gasteiger partial charge in [0.05, 0.1) is 13.2 Å². The topological polar surface area (TPSA) is 29.5 Å². The third kappa shape index (κ3) is 3.00. The number of aliphatic hydroxyl groups is 1. The van der Waals surface area contributed by atoms with Crippen LogP contribution in [0.5, 0.6) is 5.75 Å². The largest absolute Gasteiger partial charge is 0.497 e. The Kier molecular flexibility index (Phi) is 4.85. The highest BCUT2D eigenvalue weighted by Gasteiger charge is 2.60. The van der Waals surface area contributed by atoms with Crippen LogP contribution in [0.4, 0.5) is 0 Å². The van der Waals surface area contributed by atoms with Gasteiger partial charge in [0.15, 0.2) is 0 Å². The van der Waals surface area contributed by atoms with Crippen LogP contribution in [0.15, 0.2) is 29.8 Å². The highest BCUT2D eigenvalue weighted by Crippen LogP contribution is 2.67. The first-order valence-corrected chi connectivity index (χ1v) is 12.0. The maximum absolute atomic E-state index is 11.4. The molecule has 4 saturated carbocycles. The molecule has 4 aliphatic carbocycles. The normalized spacial score (nSPS) is 45.4. The minimum absolute atomic E-state index is 0.0668. The molecule has 0 unspecified atom stereocenters.